The topological polar surface area (TPSA) is 126 Å². The van der Waals surface area contributed by atoms with Gasteiger partial charge in [0.05, 0.1) is 31.9 Å². The number of carbonyl (C=O) groups excluding carboxylic acids is 2. The van der Waals surface area contributed by atoms with Crippen LogP contribution in [-0.2, 0) is 9.53 Å². The Kier molecular flexibility index (Phi) is 6.96. The van der Waals surface area contributed by atoms with Crippen LogP contribution in [0.25, 0.3) is 0 Å². The van der Waals surface area contributed by atoms with Gasteiger partial charge >= 0.3 is 5.97 Å². The fourth-order valence-corrected chi connectivity index (χ4v) is 2.39. The Bertz CT molecular complexity index is 928. The molecule has 0 spiro atoms. The molecule has 2 aromatic carbocycles. The maximum absolute atomic E-state index is 12.4. The Morgan fingerprint density at radius 2 is 1.69 bits per heavy atom. The minimum absolute atomic E-state index is 0.0802. The molecule has 2 aromatic rings. The number of carbonyl (C=O) groups is 2. The Hall–Kier alpha value is -3.82. The zero-order valence-corrected chi connectivity index (χ0v) is 16.3. The molecule has 0 bridgehead atoms. The number of amides is 1. The smallest absolute Gasteiger partial charge is 0.342 e. The number of benzene rings is 2. The molecule has 1 unspecified atom stereocenters. The first-order valence-corrected chi connectivity index (χ1v) is 8.37. The molecule has 1 atom stereocenters. The summed E-state index contributed by atoms with van der Waals surface area (Å²) in [5.41, 5.74) is -0.0359. The van der Waals surface area contributed by atoms with Crippen molar-refractivity contribution >= 4 is 23.3 Å². The summed E-state index contributed by atoms with van der Waals surface area (Å²) in [7, 11) is 4.22. The summed E-state index contributed by atoms with van der Waals surface area (Å²) in [6, 6.07) is 8.26. The van der Waals surface area contributed by atoms with E-state index in [0.29, 0.717) is 5.75 Å². The molecule has 10 nitrogen and oxygen atoms in total. The molecule has 1 N–H and O–H groups in total. The number of nitrogens with one attached hydrogen (secondary N) is 1. The standard InChI is InChI=1S/C19H20N2O8/c1-11(29-19(23)14-7-6-13(26-2)10-17(14)28-4)18(22)20-15-9-12(21(24)25)5-8-16(15)27-3/h5-11H,1-4H3,(H,20,22). The number of nitro groups is 1. The number of hydrogen-bond acceptors (Lipinski definition) is 8. The summed E-state index contributed by atoms with van der Waals surface area (Å²) in [4.78, 5) is 35.2. The Labute approximate surface area is 166 Å². The normalized spacial score (nSPS) is 11.2. The summed E-state index contributed by atoms with van der Waals surface area (Å²) in [5.74, 6) is -0.536. The monoisotopic (exact) mass is 404 g/mol. The molecule has 0 fully saturated rings. The zero-order valence-electron chi connectivity index (χ0n) is 16.3. The molecule has 0 radical (unpaired) electrons. The molecule has 0 heterocycles. The number of non-ortho nitro benzene ring substituents is 1. The predicted octanol–water partition coefficient (Wildman–Crippen LogP) is 2.80. The first-order chi connectivity index (χ1) is 13.8. The van der Waals surface area contributed by atoms with E-state index in [1.807, 2.05) is 0 Å². The zero-order chi connectivity index (χ0) is 21.6. The van der Waals surface area contributed by atoms with Gasteiger partial charge in [0, 0.05) is 18.2 Å². The molecular formula is C19H20N2O8. The van der Waals surface area contributed by atoms with Crippen LogP contribution in [0.4, 0.5) is 11.4 Å². The Balaban J connectivity index is 2.14. The number of methoxy groups -OCH3 is 3. The molecule has 154 valence electrons. The van der Waals surface area contributed by atoms with Gasteiger partial charge in [-0.1, -0.05) is 0 Å². The SMILES string of the molecule is COc1ccc(C(=O)OC(C)C(=O)Nc2cc([N+](=O)[O-])ccc2OC)c(OC)c1. The summed E-state index contributed by atoms with van der Waals surface area (Å²) < 4.78 is 20.5. The molecular weight excluding hydrogens is 384 g/mol. The van der Waals surface area contributed by atoms with Gasteiger partial charge in [-0.3, -0.25) is 14.9 Å². The molecule has 29 heavy (non-hydrogen) atoms. The third-order valence-electron chi connectivity index (χ3n) is 3.93. The van der Waals surface area contributed by atoms with E-state index in [0.717, 1.165) is 6.07 Å². The molecule has 0 aromatic heterocycles. The van der Waals surface area contributed by atoms with Crippen LogP contribution in [-0.4, -0.2) is 44.2 Å². The maximum Gasteiger partial charge on any atom is 0.342 e. The van der Waals surface area contributed by atoms with E-state index >= 15 is 0 Å². The van der Waals surface area contributed by atoms with Crippen molar-refractivity contribution in [3.05, 3.63) is 52.1 Å². The van der Waals surface area contributed by atoms with Gasteiger partial charge in [0.1, 0.15) is 22.8 Å². The van der Waals surface area contributed by atoms with Crippen LogP contribution in [0.2, 0.25) is 0 Å². The highest BCUT2D eigenvalue weighted by Gasteiger charge is 2.23. The maximum atomic E-state index is 12.4. The molecule has 0 saturated heterocycles. The van der Waals surface area contributed by atoms with Gasteiger partial charge < -0.3 is 24.3 Å². The van der Waals surface area contributed by atoms with Gasteiger partial charge in [-0.2, -0.15) is 0 Å². The lowest BCUT2D eigenvalue weighted by Gasteiger charge is -2.16. The highest BCUT2D eigenvalue weighted by molar-refractivity contribution is 5.99. The van der Waals surface area contributed by atoms with E-state index in [4.69, 9.17) is 18.9 Å². The number of ether oxygens (including phenoxy) is 4. The molecule has 1 amide bonds. The van der Waals surface area contributed by atoms with Crippen molar-refractivity contribution in [2.45, 2.75) is 13.0 Å². The van der Waals surface area contributed by atoms with E-state index < -0.39 is 22.9 Å². The van der Waals surface area contributed by atoms with E-state index in [1.165, 1.54) is 52.5 Å². The van der Waals surface area contributed by atoms with Crippen LogP contribution in [0.3, 0.4) is 0 Å². The van der Waals surface area contributed by atoms with E-state index in [9.17, 15) is 19.7 Å². The second-order valence-electron chi connectivity index (χ2n) is 5.74. The van der Waals surface area contributed by atoms with Gasteiger partial charge in [0.25, 0.3) is 11.6 Å². The number of nitro benzene ring substituents is 1. The number of nitrogens with zero attached hydrogens (tertiary/aromatic N) is 1. The second kappa shape index (κ2) is 9.40. The molecule has 0 aliphatic rings. The number of anilines is 1. The van der Waals surface area contributed by atoms with Gasteiger partial charge in [-0.15, -0.1) is 0 Å². The summed E-state index contributed by atoms with van der Waals surface area (Å²) in [6.07, 6.45) is -1.20. The third-order valence-corrected chi connectivity index (χ3v) is 3.93. The Morgan fingerprint density at radius 3 is 2.28 bits per heavy atom. The summed E-state index contributed by atoms with van der Waals surface area (Å²) >= 11 is 0. The fraction of sp³-hybridized carbons (Fsp3) is 0.263. The predicted molar refractivity (Wildman–Crippen MR) is 103 cm³/mol. The highest BCUT2D eigenvalue weighted by atomic mass is 16.6. The average molecular weight is 404 g/mol. The molecule has 0 saturated carbocycles. The fourth-order valence-electron chi connectivity index (χ4n) is 2.39. The van der Waals surface area contributed by atoms with Crippen molar-refractivity contribution in [2.24, 2.45) is 0 Å². The molecule has 10 heteroatoms. The summed E-state index contributed by atoms with van der Waals surface area (Å²) in [6.45, 7) is 1.37. The minimum atomic E-state index is -1.20. The largest absolute Gasteiger partial charge is 0.497 e. The van der Waals surface area contributed by atoms with Crippen molar-refractivity contribution in [3.8, 4) is 17.2 Å². The Morgan fingerprint density at radius 1 is 1.00 bits per heavy atom. The van der Waals surface area contributed by atoms with Crippen molar-refractivity contribution in [1.29, 1.82) is 0 Å². The van der Waals surface area contributed by atoms with Crippen molar-refractivity contribution in [3.63, 3.8) is 0 Å². The molecule has 0 aliphatic heterocycles. The van der Waals surface area contributed by atoms with Crippen molar-refractivity contribution in [1.82, 2.24) is 0 Å². The quantitative estimate of drug-likeness (QED) is 0.404. The third kappa shape index (κ3) is 5.12. The van der Waals surface area contributed by atoms with E-state index in [1.54, 1.807) is 6.07 Å². The minimum Gasteiger partial charge on any atom is -0.497 e. The first kappa shape index (κ1) is 21.5. The lowest BCUT2D eigenvalue weighted by molar-refractivity contribution is -0.384. The lowest BCUT2D eigenvalue weighted by atomic mass is 10.2. The first-order valence-electron chi connectivity index (χ1n) is 8.37. The molecule has 2 rings (SSSR count). The average Bonchev–Trinajstić information content (AvgIpc) is 2.72. The van der Waals surface area contributed by atoms with Crippen LogP contribution in [0.5, 0.6) is 17.2 Å². The van der Waals surface area contributed by atoms with Gasteiger partial charge in [0.15, 0.2) is 6.10 Å². The van der Waals surface area contributed by atoms with Crippen LogP contribution in [0, 0.1) is 10.1 Å². The van der Waals surface area contributed by atoms with E-state index in [-0.39, 0.29) is 28.4 Å². The number of rotatable bonds is 8. The van der Waals surface area contributed by atoms with Crippen LogP contribution in [0.15, 0.2) is 36.4 Å². The number of esters is 1. The van der Waals surface area contributed by atoms with E-state index in [2.05, 4.69) is 5.32 Å². The summed E-state index contributed by atoms with van der Waals surface area (Å²) in [5, 5.41) is 13.4. The van der Waals surface area contributed by atoms with Gasteiger partial charge in [0.2, 0.25) is 0 Å². The second-order valence-corrected chi connectivity index (χ2v) is 5.74. The van der Waals surface area contributed by atoms with Crippen molar-refractivity contribution < 1.29 is 33.5 Å². The number of hydrogen-bond donors (Lipinski definition) is 1. The highest BCUT2D eigenvalue weighted by Crippen LogP contribution is 2.29. The van der Waals surface area contributed by atoms with Gasteiger partial charge in [-0.05, 0) is 25.1 Å². The molecule has 0 aliphatic carbocycles. The van der Waals surface area contributed by atoms with Gasteiger partial charge in [-0.25, -0.2) is 4.79 Å². The van der Waals surface area contributed by atoms with Crippen LogP contribution < -0.4 is 19.5 Å². The van der Waals surface area contributed by atoms with Crippen LogP contribution >= 0.6 is 0 Å². The van der Waals surface area contributed by atoms with Crippen LogP contribution in [0.1, 0.15) is 17.3 Å². The lowest BCUT2D eigenvalue weighted by Crippen LogP contribution is -2.30. The van der Waals surface area contributed by atoms with Crippen molar-refractivity contribution in [2.75, 3.05) is 26.6 Å².